The molecule has 0 saturated carbocycles. The van der Waals surface area contributed by atoms with Crippen LogP contribution in [0.3, 0.4) is 0 Å². The predicted octanol–water partition coefficient (Wildman–Crippen LogP) is 7.94. The lowest BCUT2D eigenvalue weighted by molar-refractivity contribution is 0.639. The van der Waals surface area contributed by atoms with E-state index < -0.39 is 0 Å². The summed E-state index contributed by atoms with van der Waals surface area (Å²) in [5, 5.41) is 10.4. The third kappa shape index (κ3) is 5.29. The van der Waals surface area contributed by atoms with E-state index >= 15 is 0 Å². The molecule has 0 unspecified atom stereocenters. The van der Waals surface area contributed by atoms with Crippen LogP contribution < -0.4 is 5.73 Å². The van der Waals surface area contributed by atoms with Crippen LogP contribution in [0.4, 0.5) is 5.13 Å². The van der Waals surface area contributed by atoms with Crippen molar-refractivity contribution in [2.45, 2.75) is 52.4 Å². The number of nitrogens with zero attached hydrogens (tertiary/aromatic N) is 2. The number of aryl methyl sites for hydroxylation is 1. The van der Waals surface area contributed by atoms with Crippen LogP contribution in [0.1, 0.15) is 61.4 Å². The van der Waals surface area contributed by atoms with E-state index in [-0.39, 0.29) is 5.41 Å². The van der Waals surface area contributed by atoms with Crippen LogP contribution >= 0.6 is 24.0 Å². The Morgan fingerprint density at radius 2 is 1.68 bits per heavy atom. The van der Waals surface area contributed by atoms with Crippen molar-refractivity contribution in [3.63, 3.8) is 0 Å². The van der Waals surface area contributed by atoms with Crippen molar-refractivity contribution in [1.29, 1.82) is 5.26 Å². The lowest BCUT2D eigenvalue weighted by Crippen LogP contribution is -2.19. The summed E-state index contributed by atoms with van der Waals surface area (Å²) in [6.45, 7) is 8.79. The fraction of sp³-hybridized carbons (Fsp3) is 0.310. The van der Waals surface area contributed by atoms with Crippen molar-refractivity contribution in [2.24, 2.45) is 0 Å². The van der Waals surface area contributed by atoms with Gasteiger partial charge in [0.25, 0.3) is 0 Å². The number of hydrogen-bond donors (Lipinski definition) is 2. The normalized spacial score (nSPS) is 11.1. The van der Waals surface area contributed by atoms with Gasteiger partial charge in [0.1, 0.15) is 0 Å². The number of unbranched alkanes of at least 4 members (excludes halogenated alkanes) is 1. The Balaban J connectivity index is 0.00000158. The Hall–Kier alpha value is -2.81. The highest BCUT2D eigenvalue weighted by Gasteiger charge is 2.25. The second-order valence-electron chi connectivity index (χ2n) is 8.97. The highest BCUT2D eigenvalue weighted by Crippen LogP contribution is 2.36. The van der Waals surface area contributed by atoms with Crippen molar-refractivity contribution in [1.82, 2.24) is 4.98 Å². The number of anilines is 1. The molecule has 176 valence electrons. The van der Waals surface area contributed by atoms with E-state index in [4.69, 9.17) is 5.73 Å². The van der Waals surface area contributed by atoms with Gasteiger partial charge in [0, 0.05) is 5.41 Å². The van der Waals surface area contributed by atoms with Gasteiger partial charge in [-0.15, -0.1) is 0 Å². The van der Waals surface area contributed by atoms with Crippen LogP contribution in [0, 0.1) is 18.3 Å². The standard InChI is InChI=1S/C28H29N3S.CH4S/c1-5-6-7-24-18(2)14-23(15-21(24)17-29)28(3,4)22-11-8-19(9-12-22)20-10-13-25-26(16-20)32-27(30)31-25;1-2/h8-16H,5-7H2,1-4H3,(H2,30,31);2H,1H3. The quantitative estimate of drug-likeness (QED) is 0.271. The summed E-state index contributed by atoms with van der Waals surface area (Å²) in [6, 6.07) is 21.8. The van der Waals surface area contributed by atoms with Gasteiger partial charge in [0.2, 0.25) is 0 Å². The molecule has 1 heterocycles. The van der Waals surface area contributed by atoms with Gasteiger partial charge in [-0.1, -0.05) is 74.9 Å². The first-order valence-electron chi connectivity index (χ1n) is 11.6. The van der Waals surface area contributed by atoms with Gasteiger partial charge in [-0.3, -0.25) is 0 Å². The molecule has 0 saturated heterocycles. The van der Waals surface area contributed by atoms with Crippen molar-refractivity contribution < 1.29 is 0 Å². The van der Waals surface area contributed by atoms with Gasteiger partial charge in [-0.05, 0) is 77.6 Å². The molecular formula is C29H33N3S2. The summed E-state index contributed by atoms with van der Waals surface area (Å²) in [6.07, 6.45) is 4.91. The second kappa shape index (κ2) is 11.1. The summed E-state index contributed by atoms with van der Waals surface area (Å²) in [7, 11) is 0. The zero-order valence-electron chi connectivity index (χ0n) is 20.6. The number of rotatable bonds is 6. The molecule has 0 aliphatic rings. The van der Waals surface area contributed by atoms with E-state index in [0.717, 1.165) is 40.6 Å². The lowest BCUT2D eigenvalue weighted by atomic mass is 9.76. The summed E-state index contributed by atoms with van der Waals surface area (Å²) in [5.74, 6) is 0. The maximum Gasteiger partial charge on any atom is 0.181 e. The molecule has 3 aromatic carbocycles. The number of nitrogen functional groups attached to an aromatic ring is 1. The molecule has 34 heavy (non-hydrogen) atoms. The van der Waals surface area contributed by atoms with Crippen molar-refractivity contribution in [3.8, 4) is 17.2 Å². The fourth-order valence-electron chi connectivity index (χ4n) is 4.33. The lowest BCUT2D eigenvalue weighted by Gasteiger charge is -2.28. The fourth-order valence-corrected chi connectivity index (χ4v) is 5.10. The van der Waals surface area contributed by atoms with E-state index in [1.54, 1.807) is 6.26 Å². The van der Waals surface area contributed by atoms with Crippen LogP contribution in [0.2, 0.25) is 0 Å². The van der Waals surface area contributed by atoms with E-state index in [1.807, 2.05) is 6.07 Å². The molecule has 0 spiro atoms. The van der Waals surface area contributed by atoms with E-state index in [2.05, 4.69) is 99.9 Å². The number of thiazole rings is 1. The summed E-state index contributed by atoms with van der Waals surface area (Å²) in [4.78, 5) is 4.34. The highest BCUT2D eigenvalue weighted by atomic mass is 32.1. The Labute approximate surface area is 213 Å². The molecule has 0 fully saturated rings. The topological polar surface area (TPSA) is 62.7 Å². The predicted molar refractivity (Wildman–Crippen MR) is 151 cm³/mol. The zero-order chi connectivity index (χ0) is 24.9. The molecule has 4 aromatic rings. The molecule has 5 heteroatoms. The number of thiol groups is 1. The Morgan fingerprint density at radius 3 is 2.32 bits per heavy atom. The van der Waals surface area contributed by atoms with Crippen LogP contribution in [0.15, 0.2) is 54.6 Å². The Morgan fingerprint density at radius 1 is 1.00 bits per heavy atom. The third-order valence-corrected chi connectivity index (χ3v) is 7.29. The van der Waals surface area contributed by atoms with Crippen LogP contribution in [-0.4, -0.2) is 11.2 Å². The molecule has 2 N–H and O–H groups in total. The van der Waals surface area contributed by atoms with E-state index in [9.17, 15) is 5.26 Å². The van der Waals surface area contributed by atoms with Gasteiger partial charge in [-0.25, -0.2) is 4.98 Å². The molecule has 3 nitrogen and oxygen atoms in total. The zero-order valence-corrected chi connectivity index (χ0v) is 22.4. The molecule has 4 rings (SSSR count). The minimum absolute atomic E-state index is 0.200. The molecule has 0 aliphatic heterocycles. The second-order valence-corrected chi connectivity index (χ2v) is 10.0. The maximum absolute atomic E-state index is 9.78. The summed E-state index contributed by atoms with van der Waals surface area (Å²) >= 11 is 5.04. The number of fused-ring (bicyclic) bond motifs is 1. The molecular weight excluding hydrogens is 454 g/mol. The first-order chi connectivity index (χ1) is 16.3. The summed E-state index contributed by atoms with van der Waals surface area (Å²) in [5.41, 5.74) is 14.6. The van der Waals surface area contributed by atoms with Crippen LogP contribution in [0.5, 0.6) is 0 Å². The molecule has 0 amide bonds. The summed E-state index contributed by atoms with van der Waals surface area (Å²) < 4.78 is 1.10. The van der Waals surface area contributed by atoms with E-state index in [0.29, 0.717) is 5.13 Å². The average molecular weight is 488 g/mol. The van der Waals surface area contributed by atoms with E-state index in [1.165, 1.54) is 39.2 Å². The number of benzene rings is 3. The van der Waals surface area contributed by atoms with Crippen LogP contribution in [-0.2, 0) is 11.8 Å². The average Bonchev–Trinajstić information content (AvgIpc) is 3.23. The largest absolute Gasteiger partial charge is 0.375 e. The number of nitriles is 1. The SMILES string of the molecule is CCCCc1c(C)cc(C(C)(C)c2ccc(-c3ccc4nc(N)sc4c3)cc2)cc1C#N.CS. The minimum atomic E-state index is -0.200. The monoisotopic (exact) mass is 487 g/mol. The van der Waals surface area contributed by atoms with Gasteiger partial charge >= 0.3 is 0 Å². The first kappa shape index (κ1) is 25.8. The van der Waals surface area contributed by atoms with Gasteiger partial charge < -0.3 is 5.73 Å². The van der Waals surface area contributed by atoms with Crippen molar-refractivity contribution >= 4 is 39.3 Å². The number of nitrogens with two attached hydrogens (primary N) is 1. The molecule has 0 bridgehead atoms. The maximum atomic E-state index is 9.78. The minimum Gasteiger partial charge on any atom is -0.375 e. The Bertz CT molecular complexity index is 1310. The molecule has 0 radical (unpaired) electrons. The first-order valence-corrected chi connectivity index (χ1v) is 13.3. The van der Waals surface area contributed by atoms with Crippen molar-refractivity contribution in [2.75, 3.05) is 12.0 Å². The van der Waals surface area contributed by atoms with Gasteiger partial charge in [0.15, 0.2) is 5.13 Å². The molecule has 0 atom stereocenters. The van der Waals surface area contributed by atoms with Crippen molar-refractivity contribution in [3.05, 3.63) is 82.4 Å². The molecule has 1 aromatic heterocycles. The van der Waals surface area contributed by atoms with Gasteiger partial charge in [-0.2, -0.15) is 17.9 Å². The third-order valence-electron chi connectivity index (χ3n) is 6.44. The van der Waals surface area contributed by atoms with Crippen LogP contribution in [0.25, 0.3) is 21.3 Å². The smallest absolute Gasteiger partial charge is 0.181 e. The highest BCUT2D eigenvalue weighted by molar-refractivity contribution is 7.79. The number of hydrogen-bond acceptors (Lipinski definition) is 5. The number of aromatic nitrogens is 1. The Kier molecular flexibility index (Phi) is 8.41. The van der Waals surface area contributed by atoms with Gasteiger partial charge in [0.05, 0.1) is 21.8 Å². The molecule has 0 aliphatic carbocycles.